The Balaban J connectivity index is 0.000000631. The maximum Gasteiger partial charge on any atom is 0.311 e. The summed E-state index contributed by atoms with van der Waals surface area (Å²) >= 11 is 0. The van der Waals surface area contributed by atoms with Gasteiger partial charge in [-0.25, -0.2) is 0 Å². The standard InChI is InChI=1S/C12H14O2.C2H4O2/c1-3-14-12(13)9-10(2)11-7-5-4-6-8-11;1-2(3)4/h3-8,10H,1,9H2,2H3;1H3,(H,3,4)/t10-;/m1./s1. The molecule has 1 N–H and O–H groups in total. The second-order valence-electron chi connectivity index (χ2n) is 3.69. The van der Waals surface area contributed by atoms with Crippen LogP contribution in [-0.4, -0.2) is 17.0 Å². The van der Waals surface area contributed by atoms with Gasteiger partial charge in [0.15, 0.2) is 0 Å². The highest BCUT2D eigenvalue weighted by Crippen LogP contribution is 2.18. The van der Waals surface area contributed by atoms with Gasteiger partial charge in [0, 0.05) is 6.92 Å². The van der Waals surface area contributed by atoms with Gasteiger partial charge in [0.2, 0.25) is 0 Å². The van der Waals surface area contributed by atoms with Crippen LogP contribution in [0.3, 0.4) is 0 Å². The first kappa shape index (κ1) is 15.9. The lowest BCUT2D eigenvalue weighted by Crippen LogP contribution is -2.05. The third kappa shape index (κ3) is 8.10. The molecule has 0 bridgehead atoms. The van der Waals surface area contributed by atoms with Crippen LogP contribution in [0, 0.1) is 0 Å². The number of carbonyl (C=O) groups excluding carboxylic acids is 1. The van der Waals surface area contributed by atoms with E-state index in [-0.39, 0.29) is 11.9 Å². The summed E-state index contributed by atoms with van der Waals surface area (Å²) in [5.41, 5.74) is 1.15. The van der Waals surface area contributed by atoms with Gasteiger partial charge in [-0.1, -0.05) is 43.8 Å². The van der Waals surface area contributed by atoms with Crippen molar-refractivity contribution in [3.8, 4) is 0 Å². The molecule has 1 atom stereocenters. The van der Waals surface area contributed by atoms with Crippen LogP contribution < -0.4 is 0 Å². The first-order chi connectivity index (χ1) is 8.47. The smallest absolute Gasteiger partial charge is 0.311 e. The van der Waals surface area contributed by atoms with Gasteiger partial charge in [0.05, 0.1) is 12.7 Å². The third-order valence-electron chi connectivity index (χ3n) is 2.06. The van der Waals surface area contributed by atoms with Crippen molar-refractivity contribution in [2.24, 2.45) is 0 Å². The number of carboxylic acids is 1. The minimum absolute atomic E-state index is 0.184. The highest BCUT2D eigenvalue weighted by atomic mass is 16.5. The number of ether oxygens (including phenoxy) is 1. The summed E-state index contributed by atoms with van der Waals surface area (Å²) in [6, 6.07) is 9.89. The molecule has 0 heterocycles. The Bertz CT molecular complexity index is 380. The number of hydrogen-bond donors (Lipinski definition) is 1. The number of esters is 1. The fourth-order valence-corrected chi connectivity index (χ4v) is 1.29. The van der Waals surface area contributed by atoms with E-state index in [1.54, 1.807) is 0 Å². The van der Waals surface area contributed by atoms with Crippen LogP contribution in [-0.2, 0) is 14.3 Å². The topological polar surface area (TPSA) is 63.6 Å². The van der Waals surface area contributed by atoms with Crippen molar-refractivity contribution < 1.29 is 19.4 Å². The Kier molecular flexibility index (Phi) is 7.94. The minimum atomic E-state index is -0.833. The van der Waals surface area contributed by atoms with E-state index in [4.69, 9.17) is 9.90 Å². The normalized spacial score (nSPS) is 10.6. The first-order valence-electron chi connectivity index (χ1n) is 5.52. The fraction of sp³-hybridized carbons (Fsp3) is 0.286. The zero-order valence-corrected chi connectivity index (χ0v) is 10.6. The molecule has 0 aromatic heterocycles. The molecular formula is C14H18O4. The summed E-state index contributed by atoms with van der Waals surface area (Å²) in [5, 5.41) is 7.42. The van der Waals surface area contributed by atoms with Crippen LogP contribution in [0.5, 0.6) is 0 Å². The quantitative estimate of drug-likeness (QED) is 0.659. The fourth-order valence-electron chi connectivity index (χ4n) is 1.29. The van der Waals surface area contributed by atoms with Gasteiger partial charge in [-0.3, -0.25) is 9.59 Å². The van der Waals surface area contributed by atoms with E-state index in [0.29, 0.717) is 6.42 Å². The van der Waals surface area contributed by atoms with Crippen molar-refractivity contribution in [1.82, 2.24) is 0 Å². The SMILES string of the molecule is C=COC(=O)C[C@@H](C)c1ccccc1.CC(=O)O. The molecule has 0 fully saturated rings. The van der Waals surface area contributed by atoms with Crippen LogP contribution in [0.2, 0.25) is 0 Å². The second-order valence-corrected chi connectivity index (χ2v) is 3.69. The lowest BCUT2D eigenvalue weighted by atomic mass is 9.98. The molecule has 18 heavy (non-hydrogen) atoms. The van der Waals surface area contributed by atoms with Crippen molar-refractivity contribution in [1.29, 1.82) is 0 Å². The van der Waals surface area contributed by atoms with Crippen molar-refractivity contribution in [3.05, 3.63) is 48.7 Å². The minimum Gasteiger partial charge on any atom is -0.481 e. The molecule has 0 unspecified atom stereocenters. The summed E-state index contributed by atoms with van der Waals surface area (Å²) < 4.78 is 4.66. The third-order valence-corrected chi connectivity index (χ3v) is 2.06. The van der Waals surface area contributed by atoms with Gasteiger partial charge in [-0.15, -0.1) is 0 Å². The average Bonchev–Trinajstić information content (AvgIpc) is 2.29. The molecule has 4 heteroatoms. The molecule has 1 rings (SSSR count). The Morgan fingerprint density at radius 3 is 2.33 bits per heavy atom. The molecule has 98 valence electrons. The lowest BCUT2D eigenvalue weighted by Gasteiger charge is -2.09. The molecule has 0 aliphatic carbocycles. The highest BCUT2D eigenvalue weighted by molar-refractivity contribution is 5.71. The highest BCUT2D eigenvalue weighted by Gasteiger charge is 2.10. The van der Waals surface area contributed by atoms with E-state index >= 15 is 0 Å². The number of aliphatic carboxylic acids is 1. The number of carboxylic acid groups (broad SMARTS) is 1. The Hall–Kier alpha value is -2.10. The van der Waals surface area contributed by atoms with Gasteiger partial charge in [-0.05, 0) is 11.5 Å². The number of benzene rings is 1. The average molecular weight is 250 g/mol. The molecule has 0 amide bonds. The van der Waals surface area contributed by atoms with Gasteiger partial charge in [0.25, 0.3) is 5.97 Å². The number of hydrogen-bond acceptors (Lipinski definition) is 3. The van der Waals surface area contributed by atoms with Crippen molar-refractivity contribution in [2.75, 3.05) is 0 Å². The largest absolute Gasteiger partial charge is 0.481 e. The van der Waals surface area contributed by atoms with Crippen molar-refractivity contribution in [3.63, 3.8) is 0 Å². The summed E-state index contributed by atoms with van der Waals surface area (Å²) in [7, 11) is 0. The zero-order valence-electron chi connectivity index (χ0n) is 10.6. The van der Waals surface area contributed by atoms with E-state index in [2.05, 4.69) is 11.3 Å². The predicted molar refractivity (Wildman–Crippen MR) is 69.1 cm³/mol. The van der Waals surface area contributed by atoms with E-state index < -0.39 is 5.97 Å². The van der Waals surface area contributed by atoms with Crippen LogP contribution >= 0.6 is 0 Å². The number of carbonyl (C=O) groups is 2. The monoisotopic (exact) mass is 250 g/mol. The molecule has 0 radical (unpaired) electrons. The molecule has 0 spiro atoms. The zero-order chi connectivity index (χ0) is 14.0. The van der Waals surface area contributed by atoms with Gasteiger partial charge >= 0.3 is 5.97 Å². The van der Waals surface area contributed by atoms with Crippen LogP contribution in [0.1, 0.15) is 31.7 Å². The molecule has 1 aromatic carbocycles. The lowest BCUT2D eigenvalue weighted by molar-refractivity contribution is -0.138. The van der Waals surface area contributed by atoms with E-state index in [1.165, 1.54) is 6.26 Å². The molecule has 1 aromatic rings. The summed E-state index contributed by atoms with van der Waals surface area (Å²) in [6.07, 6.45) is 1.55. The first-order valence-corrected chi connectivity index (χ1v) is 5.52. The Morgan fingerprint density at radius 2 is 1.89 bits per heavy atom. The molecule has 0 aliphatic heterocycles. The Labute approximate surface area is 107 Å². The summed E-state index contributed by atoms with van der Waals surface area (Å²) in [4.78, 5) is 20.1. The maximum absolute atomic E-state index is 11.1. The Morgan fingerprint density at radius 1 is 1.39 bits per heavy atom. The molecule has 0 saturated heterocycles. The van der Waals surface area contributed by atoms with Crippen LogP contribution in [0.15, 0.2) is 43.2 Å². The van der Waals surface area contributed by atoms with Crippen LogP contribution in [0.25, 0.3) is 0 Å². The summed E-state index contributed by atoms with van der Waals surface area (Å²) in [6.45, 7) is 6.42. The second kappa shape index (κ2) is 8.98. The number of rotatable bonds is 4. The molecule has 4 nitrogen and oxygen atoms in total. The van der Waals surface area contributed by atoms with Crippen molar-refractivity contribution in [2.45, 2.75) is 26.2 Å². The molecule has 0 aliphatic rings. The van der Waals surface area contributed by atoms with Crippen molar-refractivity contribution >= 4 is 11.9 Å². The van der Waals surface area contributed by atoms with E-state index in [9.17, 15) is 4.79 Å². The van der Waals surface area contributed by atoms with Gasteiger partial charge < -0.3 is 9.84 Å². The van der Waals surface area contributed by atoms with E-state index in [0.717, 1.165) is 12.5 Å². The van der Waals surface area contributed by atoms with Crippen LogP contribution in [0.4, 0.5) is 0 Å². The van der Waals surface area contributed by atoms with Gasteiger partial charge in [-0.2, -0.15) is 0 Å². The maximum atomic E-state index is 11.1. The van der Waals surface area contributed by atoms with E-state index in [1.807, 2.05) is 37.3 Å². The van der Waals surface area contributed by atoms with Gasteiger partial charge in [0.1, 0.15) is 0 Å². The molecular weight excluding hydrogens is 232 g/mol. The summed E-state index contributed by atoms with van der Waals surface area (Å²) in [5.74, 6) is -0.889. The molecule has 0 saturated carbocycles. The predicted octanol–water partition coefficient (Wildman–Crippen LogP) is 2.96.